The second-order valence-electron chi connectivity index (χ2n) is 4.38. The number of carbonyl (C=O) groups is 1. The number of halogens is 1. The van der Waals surface area contributed by atoms with Crippen LogP contribution in [0, 0.1) is 0 Å². The Morgan fingerprint density at radius 1 is 1.35 bits per heavy atom. The summed E-state index contributed by atoms with van der Waals surface area (Å²) < 4.78 is 4.89. The second-order valence-corrected chi connectivity index (χ2v) is 4.82. The summed E-state index contributed by atoms with van der Waals surface area (Å²) in [6.45, 7) is 4.81. The fraction of sp³-hybridized carbons (Fsp3) is 0.462. The lowest BCUT2D eigenvalue weighted by Crippen LogP contribution is -2.41. The van der Waals surface area contributed by atoms with Crippen LogP contribution >= 0.6 is 11.6 Å². The first-order chi connectivity index (χ1) is 7.98. The van der Waals surface area contributed by atoms with Crippen LogP contribution < -0.4 is 5.32 Å². The lowest BCUT2D eigenvalue weighted by atomic mass is 9.84. The molecule has 0 aliphatic carbocycles. The maximum atomic E-state index is 12.0. The van der Waals surface area contributed by atoms with Gasteiger partial charge in [0, 0.05) is 18.7 Å². The van der Waals surface area contributed by atoms with Gasteiger partial charge in [0.05, 0.1) is 12.0 Å². The Morgan fingerprint density at radius 3 is 2.47 bits per heavy atom. The molecule has 0 aromatic heterocycles. The molecule has 0 fully saturated rings. The smallest absolute Gasteiger partial charge is 0.230 e. The number of nitrogens with one attached hydrogen (secondary N) is 1. The molecule has 0 spiro atoms. The highest BCUT2D eigenvalue weighted by molar-refractivity contribution is 6.30. The molecule has 0 radical (unpaired) electrons. The molecular formula is C13H18ClNO2. The lowest BCUT2D eigenvalue weighted by Gasteiger charge is -2.24. The SMILES string of the molecule is COCCNC(=O)C(C)(C)c1ccc(Cl)cc1. The van der Waals surface area contributed by atoms with Gasteiger partial charge in [0.2, 0.25) is 5.91 Å². The molecule has 1 aromatic carbocycles. The zero-order valence-corrected chi connectivity index (χ0v) is 11.2. The fourth-order valence-electron chi connectivity index (χ4n) is 1.49. The third-order valence-electron chi connectivity index (χ3n) is 2.73. The molecule has 94 valence electrons. The van der Waals surface area contributed by atoms with Gasteiger partial charge in [-0.25, -0.2) is 0 Å². The molecule has 0 saturated carbocycles. The Morgan fingerprint density at radius 2 is 1.94 bits per heavy atom. The standard InChI is InChI=1S/C13H18ClNO2/c1-13(2,12(16)15-8-9-17-3)10-4-6-11(14)7-5-10/h4-7H,8-9H2,1-3H3,(H,15,16). The van der Waals surface area contributed by atoms with E-state index in [-0.39, 0.29) is 5.91 Å². The van der Waals surface area contributed by atoms with Gasteiger partial charge in [0.25, 0.3) is 0 Å². The third-order valence-corrected chi connectivity index (χ3v) is 2.98. The molecule has 1 rings (SSSR count). The van der Waals surface area contributed by atoms with Crippen molar-refractivity contribution in [3.8, 4) is 0 Å². The van der Waals surface area contributed by atoms with Gasteiger partial charge in [-0.2, -0.15) is 0 Å². The number of amides is 1. The highest BCUT2D eigenvalue weighted by Crippen LogP contribution is 2.24. The largest absolute Gasteiger partial charge is 0.383 e. The highest BCUT2D eigenvalue weighted by atomic mass is 35.5. The molecule has 1 aromatic rings. The van der Waals surface area contributed by atoms with Gasteiger partial charge in [-0.15, -0.1) is 0 Å². The molecule has 0 unspecified atom stereocenters. The first-order valence-electron chi connectivity index (χ1n) is 5.51. The van der Waals surface area contributed by atoms with Crippen LogP contribution in [-0.2, 0) is 14.9 Å². The monoisotopic (exact) mass is 255 g/mol. The average molecular weight is 256 g/mol. The molecule has 1 N–H and O–H groups in total. The Bertz CT molecular complexity index is 374. The Labute approximate surface area is 107 Å². The van der Waals surface area contributed by atoms with Gasteiger partial charge in [-0.1, -0.05) is 23.7 Å². The van der Waals surface area contributed by atoms with Crippen LogP contribution in [0.2, 0.25) is 5.02 Å². The van der Waals surface area contributed by atoms with E-state index in [2.05, 4.69) is 5.32 Å². The Balaban J connectivity index is 2.72. The van der Waals surface area contributed by atoms with Crippen molar-refractivity contribution in [1.29, 1.82) is 0 Å². The normalized spacial score (nSPS) is 11.3. The summed E-state index contributed by atoms with van der Waals surface area (Å²) in [6.07, 6.45) is 0. The Kier molecular flexibility index (Phi) is 4.97. The summed E-state index contributed by atoms with van der Waals surface area (Å²) in [5.41, 5.74) is 0.370. The fourth-order valence-corrected chi connectivity index (χ4v) is 1.61. The van der Waals surface area contributed by atoms with E-state index in [1.807, 2.05) is 26.0 Å². The average Bonchev–Trinajstić information content (AvgIpc) is 2.29. The quantitative estimate of drug-likeness (QED) is 0.821. The van der Waals surface area contributed by atoms with Crippen molar-refractivity contribution in [3.05, 3.63) is 34.9 Å². The van der Waals surface area contributed by atoms with Crippen LogP contribution in [0.3, 0.4) is 0 Å². The van der Waals surface area contributed by atoms with Crippen LogP contribution in [0.15, 0.2) is 24.3 Å². The third kappa shape index (κ3) is 3.72. The number of rotatable bonds is 5. The summed E-state index contributed by atoms with van der Waals surface area (Å²) >= 11 is 5.83. The molecule has 0 aliphatic heterocycles. The van der Waals surface area contributed by atoms with Crippen LogP contribution in [0.5, 0.6) is 0 Å². The molecule has 0 bridgehead atoms. The molecule has 0 aliphatic rings. The van der Waals surface area contributed by atoms with E-state index in [9.17, 15) is 4.79 Å². The van der Waals surface area contributed by atoms with Crippen LogP contribution in [0.4, 0.5) is 0 Å². The van der Waals surface area contributed by atoms with Crippen molar-refractivity contribution in [2.75, 3.05) is 20.3 Å². The lowest BCUT2D eigenvalue weighted by molar-refractivity contribution is -0.125. The maximum absolute atomic E-state index is 12.0. The zero-order chi connectivity index (χ0) is 12.9. The summed E-state index contributed by atoms with van der Waals surface area (Å²) in [7, 11) is 1.61. The van der Waals surface area contributed by atoms with Crippen LogP contribution in [0.1, 0.15) is 19.4 Å². The van der Waals surface area contributed by atoms with Crippen LogP contribution in [0.25, 0.3) is 0 Å². The minimum Gasteiger partial charge on any atom is -0.383 e. The molecule has 4 heteroatoms. The van der Waals surface area contributed by atoms with Gasteiger partial charge >= 0.3 is 0 Å². The number of ether oxygens (including phenoxy) is 1. The number of benzene rings is 1. The molecular weight excluding hydrogens is 238 g/mol. The molecule has 3 nitrogen and oxygen atoms in total. The van der Waals surface area contributed by atoms with Crippen molar-refractivity contribution in [1.82, 2.24) is 5.32 Å². The van der Waals surface area contributed by atoms with E-state index in [0.29, 0.717) is 18.2 Å². The Hall–Kier alpha value is -1.06. The molecule has 0 atom stereocenters. The van der Waals surface area contributed by atoms with Crippen LogP contribution in [-0.4, -0.2) is 26.2 Å². The summed E-state index contributed by atoms with van der Waals surface area (Å²) in [5.74, 6) is -0.0168. The molecule has 0 saturated heterocycles. The number of carbonyl (C=O) groups excluding carboxylic acids is 1. The van der Waals surface area contributed by atoms with E-state index in [4.69, 9.17) is 16.3 Å². The first kappa shape index (κ1) is 14.0. The highest BCUT2D eigenvalue weighted by Gasteiger charge is 2.29. The zero-order valence-electron chi connectivity index (χ0n) is 10.4. The van der Waals surface area contributed by atoms with Gasteiger partial charge in [0.1, 0.15) is 0 Å². The predicted molar refractivity (Wildman–Crippen MR) is 69.4 cm³/mol. The van der Waals surface area contributed by atoms with Gasteiger partial charge in [0.15, 0.2) is 0 Å². The van der Waals surface area contributed by atoms with E-state index in [1.54, 1.807) is 19.2 Å². The second kappa shape index (κ2) is 6.03. The minimum absolute atomic E-state index is 0.0168. The van der Waals surface area contributed by atoms with Crippen molar-refractivity contribution < 1.29 is 9.53 Å². The number of hydrogen-bond acceptors (Lipinski definition) is 2. The summed E-state index contributed by atoms with van der Waals surface area (Å²) in [5, 5.41) is 3.51. The van der Waals surface area contributed by atoms with Crippen molar-refractivity contribution in [3.63, 3.8) is 0 Å². The van der Waals surface area contributed by atoms with E-state index < -0.39 is 5.41 Å². The molecule has 1 amide bonds. The topological polar surface area (TPSA) is 38.3 Å². The van der Waals surface area contributed by atoms with Crippen molar-refractivity contribution in [2.45, 2.75) is 19.3 Å². The van der Waals surface area contributed by atoms with Gasteiger partial charge in [-0.05, 0) is 31.5 Å². The first-order valence-corrected chi connectivity index (χ1v) is 5.89. The van der Waals surface area contributed by atoms with Gasteiger partial charge in [-0.3, -0.25) is 4.79 Å². The summed E-state index contributed by atoms with van der Waals surface area (Å²) in [4.78, 5) is 12.0. The molecule has 0 heterocycles. The minimum atomic E-state index is -0.571. The van der Waals surface area contributed by atoms with E-state index >= 15 is 0 Å². The van der Waals surface area contributed by atoms with E-state index in [0.717, 1.165) is 5.56 Å². The van der Waals surface area contributed by atoms with Gasteiger partial charge < -0.3 is 10.1 Å². The predicted octanol–water partition coefficient (Wildman–Crippen LogP) is 2.38. The number of hydrogen-bond donors (Lipinski definition) is 1. The maximum Gasteiger partial charge on any atom is 0.230 e. The van der Waals surface area contributed by atoms with E-state index in [1.165, 1.54) is 0 Å². The number of methoxy groups -OCH3 is 1. The van der Waals surface area contributed by atoms with Crippen molar-refractivity contribution in [2.24, 2.45) is 0 Å². The van der Waals surface area contributed by atoms with Crippen molar-refractivity contribution >= 4 is 17.5 Å². The molecule has 17 heavy (non-hydrogen) atoms. The summed E-state index contributed by atoms with van der Waals surface area (Å²) in [6, 6.07) is 7.33.